The zero-order valence-electron chi connectivity index (χ0n) is 10.3. The monoisotopic (exact) mass is 314 g/mol. The van der Waals surface area contributed by atoms with E-state index in [1.54, 1.807) is 12.4 Å². The Morgan fingerprint density at radius 1 is 1.21 bits per heavy atom. The number of benzene rings is 1. The van der Waals surface area contributed by atoms with E-state index in [0.29, 0.717) is 0 Å². The van der Waals surface area contributed by atoms with Gasteiger partial charge in [-0.05, 0) is 30.7 Å². The second-order valence-corrected chi connectivity index (χ2v) is 5.06. The van der Waals surface area contributed by atoms with Gasteiger partial charge in [-0.1, -0.05) is 22.0 Å². The van der Waals surface area contributed by atoms with Crippen molar-refractivity contribution in [3.63, 3.8) is 0 Å². The maximum absolute atomic E-state index is 4.37. The summed E-state index contributed by atoms with van der Waals surface area (Å²) in [5.74, 6) is 0. The Balaban J connectivity index is 1.99. The minimum absolute atomic E-state index is 0.868. The van der Waals surface area contributed by atoms with Crippen LogP contribution in [0.25, 0.3) is 16.9 Å². The molecule has 0 radical (unpaired) electrons. The Labute approximate surface area is 119 Å². The van der Waals surface area contributed by atoms with Gasteiger partial charge in [-0.25, -0.2) is 14.6 Å². The van der Waals surface area contributed by atoms with Crippen LogP contribution in [0.2, 0.25) is 0 Å². The number of halogens is 1. The number of aromatic nitrogens is 4. The smallest absolute Gasteiger partial charge is 0.116 e. The lowest BCUT2D eigenvalue weighted by molar-refractivity contribution is 0.879. The molecule has 19 heavy (non-hydrogen) atoms. The zero-order chi connectivity index (χ0) is 13.2. The highest BCUT2D eigenvalue weighted by Crippen LogP contribution is 2.21. The van der Waals surface area contributed by atoms with Crippen LogP contribution in [0.5, 0.6) is 0 Å². The van der Waals surface area contributed by atoms with Crippen LogP contribution in [-0.2, 0) is 0 Å². The van der Waals surface area contributed by atoms with E-state index < -0.39 is 0 Å². The lowest BCUT2D eigenvalue weighted by Gasteiger charge is -2.03. The fourth-order valence-corrected chi connectivity index (χ4v) is 2.15. The van der Waals surface area contributed by atoms with Crippen molar-refractivity contribution >= 4 is 15.9 Å². The quantitative estimate of drug-likeness (QED) is 0.728. The third-order valence-electron chi connectivity index (χ3n) is 2.88. The van der Waals surface area contributed by atoms with Crippen LogP contribution in [0.15, 0.2) is 53.7 Å². The molecule has 0 saturated carbocycles. The molecule has 0 spiro atoms. The van der Waals surface area contributed by atoms with Gasteiger partial charge in [0.25, 0.3) is 0 Å². The molecule has 0 bridgehead atoms. The average Bonchev–Trinajstić information content (AvgIpc) is 2.93. The lowest BCUT2D eigenvalue weighted by Crippen LogP contribution is -1.94. The van der Waals surface area contributed by atoms with Gasteiger partial charge in [0.15, 0.2) is 0 Å². The largest absolute Gasteiger partial charge is 0.245 e. The number of hydrogen-bond acceptors (Lipinski definition) is 3. The highest BCUT2D eigenvalue weighted by Gasteiger charge is 2.05. The van der Waals surface area contributed by atoms with Gasteiger partial charge in [-0.2, -0.15) is 5.10 Å². The Hall–Kier alpha value is -2.01. The fourth-order valence-electron chi connectivity index (χ4n) is 1.78. The molecule has 3 aromatic rings. The first kappa shape index (κ1) is 12.0. The topological polar surface area (TPSA) is 43.6 Å². The van der Waals surface area contributed by atoms with Gasteiger partial charge in [0.1, 0.15) is 6.33 Å². The Morgan fingerprint density at radius 2 is 2.11 bits per heavy atom. The molecule has 0 atom stereocenters. The predicted molar refractivity (Wildman–Crippen MR) is 77.0 cm³/mol. The SMILES string of the molecule is Cc1ccc(-n2cc(-c3ccncn3)cn2)cc1Br. The van der Waals surface area contributed by atoms with E-state index in [2.05, 4.69) is 44.0 Å². The molecule has 1 aromatic carbocycles. The van der Waals surface area contributed by atoms with Gasteiger partial charge in [0.2, 0.25) is 0 Å². The van der Waals surface area contributed by atoms with Gasteiger partial charge in [-0.15, -0.1) is 0 Å². The second-order valence-electron chi connectivity index (χ2n) is 4.20. The highest BCUT2D eigenvalue weighted by molar-refractivity contribution is 9.10. The van der Waals surface area contributed by atoms with E-state index >= 15 is 0 Å². The van der Waals surface area contributed by atoms with Crippen molar-refractivity contribution in [1.82, 2.24) is 19.7 Å². The van der Waals surface area contributed by atoms with Crippen LogP contribution in [0, 0.1) is 6.92 Å². The molecule has 0 N–H and O–H groups in total. The van der Waals surface area contributed by atoms with Crippen molar-refractivity contribution < 1.29 is 0 Å². The molecule has 0 saturated heterocycles. The summed E-state index contributed by atoms with van der Waals surface area (Å²) in [6, 6.07) is 8.01. The summed E-state index contributed by atoms with van der Waals surface area (Å²) in [5.41, 5.74) is 4.05. The molecule has 5 heteroatoms. The molecule has 0 amide bonds. The number of aryl methyl sites for hydroxylation is 1. The molecule has 0 unspecified atom stereocenters. The molecule has 2 aromatic heterocycles. The van der Waals surface area contributed by atoms with Gasteiger partial charge < -0.3 is 0 Å². The predicted octanol–water partition coefficient (Wildman–Crippen LogP) is 3.40. The standard InChI is InChI=1S/C14H11BrN4/c1-10-2-3-12(6-13(10)15)19-8-11(7-18-19)14-4-5-16-9-17-14/h2-9H,1H3. The molecule has 2 heterocycles. The van der Waals surface area contributed by atoms with Crippen LogP contribution >= 0.6 is 15.9 Å². The van der Waals surface area contributed by atoms with Crippen molar-refractivity contribution in [2.24, 2.45) is 0 Å². The Morgan fingerprint density at radius 3 is 2.84 bits per heavy atom. The summed E-state index contributed by atoms with van der Waals surface area (Å²) in [7, 11) is 0. The summed E-state index contributed by atoms with van der Waals surface area (Å²) < 4.78 is 2.91. The summed E-state index contributed by atoms with van der Waals surface area (Å²) in [4.78, 5) is 8.13. The van der Waals surface area contributed by atoms with E-state index in [9.17, 15) is 0 Å². The first-order valence-electron chi connectivity index (χ1n) is 5.81. The van der Waals surface area contributed by atoms with E-state index in [1.807, 2.05) is 29.1 Å². The lowest BCUT2D eigenvalue weighted by atomic mass is 10.2. The summed E-state index contributed by atoms with van der Waals surface area (Å²) >= 11 is 3.53. The number of hydrogen-bond donors (Lipinski definition) is 0. The third-order valence-corrected chi connectivity index (χ3v) is 3.73. The summed E-state index contributed by atoms with van der Waals surface area (Å²) in [5, 5.41) is 4.37. The van der Waals surface area contributed by atoms with Gasteiger partial charge in [0.05, 0.1) is 17.6 Å². The minimum Gasteiger partial charge on any atom is -0.245 e. The normalized spacial score (nSPS) is 10.6. The summed E-state index contributed by atoms with van der Waals surface area (Å²) in [6.45, 7) is 2.06. The molecular weight excluding hydrogens is 304 g/mol. The first-order chi connectivity index (χ1) is 9.24. The number of nitrogens with zero attached hydrogens (tertiary/aromatic N) is 4. The molecular formula is C14H11BrN4. The van der Waals surface area contributed by atoms with Crippen molar-refractivity contribution in [2.75, 3.05) is 0 Å². The minimum atomic E-state index is 0.868. The molecule has 0 fully saturated rings. The molecule has 94 valence electrons. The van der Waals surface area contributed by atoms with Gasteiger partial charge in [-0.3, -0.25) is 0 Å². The van der Waals surface area contributed by atoms with Crippen LogP contribution in [0.4, 0.5) is 0 Å². The fraction of sp³-hybridized carbons (Fsp3) is 0.0714. The van der Waals surface area contributed by atoms with Crippen LogP contribution in [0.3, 0.4) is 0 Å². The molecule has 3 rings (SSSR count). The zero-order valence-corrected chi connectivity index (χ0v) is 11.9. The van der Waals surface area contributed by atoms with Crippen LogP contribution in [0.1, 0.15) is 5.56 Å². The van der Waals surface area contributed by atoms with E-state index in [-0.39, 0.29) is 0 Å². The maximum Gasteiger partial charge on any atom is 0.116 e. The van der Waals surface area contributed by atoms with Crippen molar-refractivity contribution in [3.8, 4) is 16.9 Å². The average molecular weight is 315 g/mol. The van der Waals surface area contributed by atoms with Crippen LogP contribution < -0.4 is 0 Å². The van der Waals surface area contributed by atoms with Crippen molar-refractivity contribution in [1.29, 1.82) is 0 Å². The third kappa shape index (κ3) is 2.42. The maximum atomic E-state index is 4.37. The van der Waals surface area contributed by atoms with E-state index in [4.69, 9.17) is 0 Å². The molecule has 4 nitrogen and oxygen atoms in total. The van der Waals surface area contributed by atoms with Crippen molar-refractivity contribution in [3.05, 3.63) is 59.2 Å². The second kappa shape index (κ2) is 4.93. The molecule has 0 aliphatic heterocycles. The summed E-state index contributed by atoms with van der Waals surface area (Å²) in [6.07, 6.45) is 7.02. The first-order valence-corrected chi connectivity index (χ1v) is 6.61. The Kier molecular flexibility index (Phi) is 3.13. The Bertz CT molecular complexity index is 706. The highest BCUT2D eigenvalue weighted by atomic mass is 79.9. The van der Waals surface area contributed by atoms with E-state index in [0.717, 1.165) is 21.4 Å². The van der Waals surface area contributed by atoms with Crippen LogP contribution in [-0.4, -0.2) is 19.7 Å². The van der Waals surface area contributed by atoms with Gasteiger partial charge in [0, 0.05) is 22.4 Å². The number of rotatable bonds is 2. The molecule has 0 aliphatic carbocycles. The molecule has 0 aliphatic rings. The van der Waals surface area contributed by atoms with Crippen molar-refractivity contribution in [2.45, 2.75) is 6.92 Å². The van der Waals surface area contributed by atoms with Gasteiger partial charge >= 0.3 is 0 Å². The van der Waals surface area contributed by atoms with E-state index in [1.165, 1.54) is 11.9 Å².